The van der Waals surface area contributed by atoms with Crippen molar-refractivity contribution in [1.82, 2.24) is 4.98 Å². The number of aromatic hydroxyl groups is 1. The van der Waals surface area contributed by atoms with Crippen LogP contribution in [0.1, 0.15) is 66.1 Å². The Labute approximate surface area is 138 Å². The van der Waals surface area contributed by atoms with Gasteiger partial charge in [-0.1, -0.05) is 19.3 Å². The monoisotopic (exact) mass is 310 g/mol. The molecule has 122 valence electrons. The van der Waals surface area contributed by atoms with E-state index in [4.69, 9.17) is 10.7 Å². The molecule has 3 nitrogen and oxygen atoms in total. The maximum absolute atomic E-state index is 10.2. The number of anilines is 1. The molecule has 0 radical (unpaired) electrons. The van der Waals surface area contributed by atoms with Crippen LogP contribution in [0.5, 0.6) is 5.75 Å². The van der Waals surface area contributed by atoms with Crippen LogP contribution in [-0.4, -0.2) is 10.1 Å². The number of pyridine rings is 1. The first-order valence-corrected chi connectivity index (χ1v) is 8.59. The molecule has 0 bridgehead atoms. The molecule has 0 atom stereocenters. The predicted octanol–water partition coefficient (Wildman–Crippen LogP) is 4.62. The molecule has 1 fully saturated rings. The molecule has 1 aliphatic rings. The Bertz CT molecular complexity index is 680. The van der Waals surface area contributed by atoms with Crippen molar-refractivity contribution >= 4 is 5.69 Å². The molecule has 3 heteroatoms. The molecular formula is C20H26N2O. The quantitative estimate of drug-likeness (QED) is 0.813. The molecule has 1 heterocycles. The van der Waals surface area contributed by atoms with E-state index < -0.39 is 0 Å². The Morgan fingerprint density at radius 1 is 1.09 bits per heavy atom. The summed E-state index contributed by atoms with van der Waals surface area (Å²) in [4.78, 5) is 4.81. The lowest BCUT2D eigenvalue weighted by molar-refractivity contribution is 0.405. The summed E-state index contributed by atoms with van der Waals surface area (Å²) in [6.07, 6.45) is 6.87. The third-order valence-corrected chi connectivity index (χ3v) is 5.03. The molecule has 1 aliphatic carbocycles. The zero-order valence-electron chi connectivity index (χ0n) is 14.1. The van der Waals surface area contributed by atoms with Gasteiger partial charge in [0.25, 0.3) is 0 Å². The van der Waals surface area contributed by atoms with Crippen molar-refractivity contribution < 1.29 is 5.11 Å². The number of hydrogen-bond acceptors (Lipinski definition) is 3. The van der Waals surface area contributed by atoms with Crippen LogP contribution in [-0.2, 0) is 6.42 Å². The Morgan fingerprint density at radius 2 is 1.74 bits per heavy atom. The Balaban J connectivity index is 1.89. The van der Waals surface area contributed by atoms with Crippen LogP contribution in [0.3, 0.4) is 0 Å². The van der Waals surface area contributed by atoms with E-state index >= 15 is 0 Å². The fourth-order valence-corrected chi connectivity index (χ4v) is 3.77. The second-order valence-corrected chi connectivity index (χ2v) is 6.85. The number of nitrogens with two attached hydrogens (primary N) is 1. The number of nitrogens with zero attached hydrogens (tertiary/aromatic N) is 1. The van der Waals surface area contributed by atoms with Crippen molar-refractivity contribution in [2.75, 3.05) is 5.73 Å². The SMILES string of the molecule is Cc1cc(N)cc(C)c1Cc1ccc(O)c(C2CCCCC2)n1. The van der Waals surface area contributed by atoms with E-state index in [1.807, 2.05) is 24.3 Å². The van der Waals surface area contributed by atoms with E-state index in [9.17, 15) is 5.11 Å². The largest absolute Gasteiger partial charge is 0.506 e. The number of rotatable bonds is 3. The van der Waals surface area contributed by atoms with Crippen LogP contribution in [0.4, 0.5) is 5.69 Å². The number of aryl methyl sites for hydroxylation is 2. The van der Waals surface area contributed by atoms with Gasteiger partial charge < -0.3 is 10.8 Å². The highest BCUT2D eigenvalue weighted by Gasteiger charge is 2.20. The molecule has 1 saturated carbocycles. The van der Waals surface area contributed by atoms with E-state index in [1.165, 1.54) is 36.0 Å². The zero-order chi connectivity index (χ0) is 16.4. The van der Waals surface area contributed by atoms with Gasteiger partial charge in [-0.3, -0.25) is 4.98 Å². The summed E-state index contributed by atoms with van der Waals surface area (Å²) in [6, 6.07) is 7.79. The minimum absolute atomic E-state index is 0.353. The van der Waals surface area contributed by atoms with Crippen LogP contribution in [0, 0.1) is 13.8 Å². The van der Waals surface area contributed by atoms with Crippen molar-refractivity contribution in [3.8, 4) is 5.75 Å². The highest BCUT2D eigenvalue weighted by molar-refractivity contribution is 5.50. The van der Waals surface area contributed by atoms with Crippen molar-refractivity contribution in [3.05, 3.63) is 52.3 Å². The minimum atomic E-state index is 0.353. The highest BCUT2D eigenvalue weighted by atomic mass is 16.3. The van der Waals surface area contributed by atoms with Gasteiger partial charge in [0.05, 0.1) is 5.69 Å². The molecule has 0 spiro atoms. The summed E-state index contributed by atoms with van der Waals surface area (Å²) in [5.41, 5.74) is 12.3. The smallest absolute Gasteiger partial charge is 0.137 e. The number of benzene rings is 1. The van der Waals surface area contributed by atoms with Gasteiger partial charge in [0.1, 0.15) is 5.75 Å². The molecule has 0 aliphatic heterocycles. The lowest BCUT2D eigenvalue weighted by Crippen LogP contribution is -2.09. The Kier molecular flexibility index (Phi) is 4.56. The van der Waals surface area contributed by atoms with Gasteiger partial charge in [-0.05, 0) is 67.6 Å². The summed E-state index contributed by atoms with van der Waals surface area (Å²) in [7, 11) is 0. The highest BCUT2D eigenvalue weighted by Crippen LogP contribution is 2.36. The van der Waals surface area contributed by atoms with Gasteiger partial charge in [-0.25, -0.2) is 0 Å². The Hall–Kier alpha value is -2.03. The fraction of sp³-hybridized carbons (Fsp3) is 0.450. The average molecular weight is 310 g/mol. The van der Waals surface area contributed by atoms with E-state index in [-0.39, 0.29) is 0 Å². The van der Waals surface area contributed by atoms with E-state index in [1.54, 1.807) is 0 Å². The van der Waals surface area contributed by atoms with Crippen LogP contribution in [0.2, 0.25) is 0 Å². The number of nitrogen functional groups attached to an aromatic ring is 1. The molecule has 23 heavy (non-hydrogen) atoms. The Morgan fingerprint density at radius 3 is 2.39 bits per heavy atom. The van der Waals surface area contributed by atoms with E-state index in [0.29, 0.717) is 11.7 Å². The molecule has 3 N–H and O–H groups in total. The first-order valence-electron chi connectivity index (χ1n) is 8.59. The fourth-order valence-electron chi connectivity index (χ4n) is 3.77. The average Bonchev–Trinajstić information content (AvgIpc) is 2.53. The standard InChI is InChI=1S/C20H26N2O/c1-13-10-16(21)11-14(2)18(13)12-17-8-9-19(23)20(22-17)15-6-4-3-5-7-15/h8-11,15,23H,3-7,12,21H2,1-2H3. The second kappa shape index (κ2) is 6.61. The van der Waals surface area contributed by atoms with Gasteiger partial charge in [0.15, 0.2) is 0 Å². The van der Waals surface area contributed by atoms with Crippen LogP contribution in [0.25, 0.3) is 0 Å². The third-order valence-electron chi connectivity index (χ3n) is 5.03. The van der Waals surface area contributed by atoms with E-state index in [2.05, 4.69) is 13.8 Å². The van der Waals surface area contributed by atoms with Crippen LogP contribution < -0.4 is 5.73 Å². The van der Waals surface area contributed by atoms with Crippen molar-refractivity contribution in [2.45, 2.75) is 58.3 Å². The van der Waals surface area contributed by atoms with Gasteiger partial charge in [0.2, 0.25) is 0 Å². The summed E-state index contributed by atoms with van der Waals surface area (Å²) in [5.74, 6) is 0.767. The number of aromatic nitrogens is 1. The first-order chi connectivity index (χ1) is 11.0. The first kappa shape index (κ1) is 15.9. The third kappa shape index (κ3) is 3.49. The van der Waals surface area contributed by atoms with Crippen LogP contribution >= 0.6 is 0 Å². The second-order valence-electron chi connectivity index (χ2n) is 6.85. The summed E-state index contributed by atoms with van der Waals surface area (Å²) < 4.78 is 0. The van der Waals surface area contributed by atoms with Crippen molar-refractivity contribution in [1.29, 1.82) is 0 Å². The molecule has 1 aromatic carbocycles. The minimum Gasteiger partial charge on any atom is -0.506 e. The van der Waals surface area contributed by atoms with Crippen molar-refractivity contribution in [3.63, 3.8) is 0 Å². The van der Waals surface area contributed by atoms with Gasteiger partial charge >= 0.3 is 0 Å². The lowest BCUT2D eigenvalue weighted by atomic mass is 9.86. The molecule has 0 amide bonds. The van der Waals surface area contributed by atoms with E-state index in [0.717, 1.165) is 36.3 Å². The topological polar surface area (TPSA) is 59.1 Å². The molecular weight excluding hydrogens is 284 g/mol. The molecule has 1 aromatic heterocycles. The maximum Gasteiger partial charge on any atom is 0.137 e. The summed E-state index contributed by atoms with van der Waals surface area (Å²) in [5, 5.41) is 10.2. The molecule has 2 aromatic rings. The zero-order valence-corrected chi connectivity index (χ0v) is 14.1. The molecule has 0 saturated heterocycles. The maximum atomic E-state index is 10.2. The van der Waals surface area contributed by atoms with Gasteiger partial charge in [-0.2, -0.15) is 0 Å². The van der Waals surface area contributed by atoms with Gasteiger partial charge in [-0.15, -0.1) is 0 Å². The van der Waals surface area contributed by atoms with Crippen LogP contribution in [0.15, 0.2) is 24.3 Å². The summed E-state index contributed by atoms with van der Waals surface area (Å²) in [6.45, 7) is 4.20. The molecule has 3 rings (SSSR count). The van der Waals surface area contributed by atoms with Gasteiger partial charge in [0, 0.05) is 23.7 Å². The normalized spacial score (nSPS) is 15.7. The predicted molar refractivity (Wildman–Crippen MR) is 94.9 cm³/mol. The lowest BCUT2D eigenvalue weighted by Gasteiger charge is -2.22. The van der Waals surface area contributed by atoms with Crippen molar-refractivity contribution in [2.24, 2.45) is 0 Å². The molecule has 0 unspecified atom stereocenters. The summed E-state index contributed by atoms with van der Waals surface area (Å²) >= 11 is 0. The number of hydrogen-bond donors (Lipinski definition) is 2.